The minimum absolute atomic E-state index is 0.0369. The van der Waals surface area contributed by atoms with E-state index in [-0.39, 0.29) is 28.9 Å². The number of carbonyl (C=O) groups is 1. The Labute approximate surface area is 124 Å². The van der Waals surface area contributed by atoms with Gasteiger partial charge in [0, 0.05) is 12.6 Å². The van der Waals surface area contributed by atoms with Gasteiger partial charge in [0.2, 0.25) is 0 Å². The summed E-state index contributed by atoms with van der Waals surface area (Å²) in [6, 6.07) is 4.72. The fourth-order valence-electron chi connectivity index (χ4n) is 2.99. The number of nitrogens with two attached hydrogens (primary N) is 1. The lowest BCUT2D eigenvalue weighted by Crippen LogP contribution is -2.43. The van der Waals surface area contributed by atoms with Gasteiger partial charge in [-0.3, -0.25) is 14.9 Å². The zero-order chi connectivity index (χ0) is 15.4. The number of hydrogen-bond acceptors (Lipinski definition) is 4. The number of likely N-dealkylation sites (tertiary alicyclic amines) is 1. The van der Waals surface area contributed by atoms with Crippen molar-refractivity contribution in [2.24, 2.45) is 0 Å². The number of amides is 1. The second-order valence-corrected chi connectivity index (χ2v) is 5.44. The van der Waals surface area contributed by atoms with Crippen molar-refractivity contribution in [1.82, 2.24) is 4.90 Å². The standard InChI is InChI=1S/C15H21N3O3/c1-2-6-11-7-3-4-10-17(11)15(19)12-8-5-9-13(16)14(12)18(20)21/h5,8-9,11H,2-4,6-7,10,16H2,1H3. The van der Waals surface area contributed by atoms with Gasteiger partial charge in [-0.2, -0.15) is 0 Å². The van der Waals surface area contributed by atoms with Gasteiger partial charge in [-0.15, -0.1) is 0 Å². The summed E-state index contributed by atoms with van der Waals surface area (Å²) in [4.78, 5) is 25.1. The van der Waals surface area contributed by atoms with Gasteiger partial charge in [-0.05, 0) is 37.8 Å². The van der Waals surface area contributed by atoms with Gasteiger partial charge in [0.25, 0.3) is 5.91 Å². The SMILES string of the molecule is CCCC1CCCCN1C(=O)c1cccc(N)c1[N+](=O)[O-]. The molecule has 0 aliphatic carbocycles. The lowest BCUT2D eigenvalue weighted by Gasteiger charge is -2.35. The Morgan fingerprint density at radius 1 is 1.48 bits per heavy atom. The summed E-state index contributed by atoms with van der Waals surface area (Å²) in [5.74, 6) is -0.271. The van der Waals surface area contributed by atoms with Crippen molar-refractivity contribution < 1.29 is 9.72 Å². The Balaban J connectivity index is 2.34. The first-order valence-corrected chi connectivity index (χ1v) is 7.40. The van der Waals surface area contributed by atoms with Crippen molar-refractivity contribution in [2.45, 2.75) is 45.1 Å². The van der Waals surface area contributed by atoms with Crippen LogP contribution >= 0.6 is 0 Å². The molecule has 6 nitrogen and oxygen atoms in total. The Morgan fingerprint density at radius 3 is 2.90 bits per heavy atom. The minimum Gasteiger partial charge on any atom is -0.393 e. The van der Waals surface area contributed by atoms with Crippen LogP contribution in [0.5, 0.6) is 0 Å². The summed E-state index contributed by atoms with van der Waals surface area (Å²) < 4.78 is 0. The molecule has 114 valence electrons. The number of carbonyl (C=O) groups excluding carboxylic acids is 1. The first kappa shape index (κ1) is 15.3. The van der Waals surface area contributed by atoms with E-state index >= 15 is 0 Å². The Bertz CT molecular complexity index is 543. The van der Waals surface area contributed by atoms with Crippen molar-refractivity contribution in [3.8, 4) is 0 Å². The summed E-state index contributed by atoms with van der Waals surface area (Å²) in [6.45, 7) is 2.75. The highest BCUT2D eigenvalue weighted by Crippen LogP contribution is 2.30. The van der Waals surface area contributed by atoms with E-state index in [0.29, 0.717) is 6.54 Å². The van der Waals surface area contributed by atoms with Gasteiger partial charge in [0.05, 0.1) is 4.92 Å². The summed E-state index contributed by atoms with van der Waals surface area (Å²) in [7, 11) is 0. The molecule has 1 aromatic carbocycles. The lowest BCUT2D eigenvalue weighted by atomic mass is 9.97. The molecular formula is C15H21N3O3. The van der Waals surface area contributed by atoms with Gasteiger partial charge in [0.1, 0.15) is 11.3 Å². The normalized spacial score (nSPS) is 18.5. The number of rotatable bonds is 4. The van der Waals surface area contributed by atoms with E-state index in [1.54, 1.807) is 11.0 Å². The molecular weight excluding hydrogens is 270 g/mol. The quantitative estimate of drug-likeness (QED) is 0.524. The molecule has 1 amide bonds. The van der Waals surface area contributed by atoms with Crippen molar-refractivity contribution >= 4 is 17.3 Å². The highest BCUT2D eigenvalue weighted by Gasteiger charge is 2.31. The molecule has 1 aromatic rings. The number of hydrogen-bond donors (Lipinski definition) is 1. The molecule has 1 fully saturated rings. The maximum absolute atomic E-state index is 12.7. The third-order valence-corrected chi connectivity index (χ3v) is 3.99. The van der Waals surface area contributed by atoms with Crippen molar-refractivity contribution in [3.05, 3.63) is 33.9 Å². The second kappa shape index (κ2) is 6.56. The van der Waals surface area contributed by atoms with Crippen LogP contribution in [0.1, 0.15) is 49.4 Å². The molecule has 1 aliphatic rings. The Morgan fingerprint density at radius 2 is 2.24 bits per heavy atom. The summed E-state index contributed by atoms with van der Waals surface area (Å²) in [6.07, 6.45) is 4.94. The molecule has 1 unspecified atom stereocenters. The Kier molecular flexibility index (Phi) is 4.77. The maximum Gasteiger partial charge on any atom is 0.304 e. The molecule has 1 saturated heterocycles. The van der Waals surface area contributed by atoms with E-state index < -0.39 is 4.92 Å². The number of nitrogen functional groups attached to an aromatic ring is 1. The smallest absolute Gasteiger partial charge is 0.304 e. The van der Waals surface area contributed by atoms with Crippen molar-refractivity contribution in [3.63, 3.8) is 0 Å². The molecule has 0 aromatic heterocycles. The summed E-state index contributed by atoms with van der Waals surface area (Å²) >= 11 is 0. The number of nitro groups is 1. The molecule has 1 aliphatic heterocycles. The van der Waals surface area contributed by atoms with Crippen LogP contribution < -0.4 is 5.73 Å². The average molecular weight is 291 g/mol. The molecule has 1 atom stereocenters. The largest absolute Gasteiger partial charge is 0.393 e. The molecule has 0 radical (unpaired) electrons. The zero-order valence-electron chi connectivity index (χ0n) is 12.2. The lowest BCUT2D eigenvalue weighted by molar-refractivity contribution is -0.384. The van der Waals surface area contributed by atoms with E-state index in [1.807, 2.05) is 0 Å². The average Bonchev–Trinajstić information content (AvgIpc) is 2.47. The van der Waals surface area contributed by atoms with E-state index in [2.05, 4.69) is 6.92 Å². The monoisotopic (exact) mass is 291 g/mol. The molecule has 0 spiro atoms. The predicted octanol–water partition coefficient (Wildman–Crippen LogP) is 2.97. The Hall–Kier alpha value is -2.11. The first-order valence-electron chi connectivity index (χ1n) is 7.40. The van der Waals surface area contributed by atoms with Crippen LogP contribution in [-0.2, 0) is 0 Å². The van der Waals surface area contributed by atoms with Crippen LogP contribution in [-0.4, -0.2) is 28.3 Å². The van der Waals surface area contributed by atoms with Crippen molar-refractivity contribution in [2.75, 3.05) is 12.3 Å². The topological polar surface area (TPSA) is 89.5 Å². The second-order valence-electron chi connectivity index (χ2n) is 5.44. The van der Waals surface area contributed by atoms with Crippen LogP contribution in [0.25, 0.3) is 0 Å². The summed E-state index contributed by atoms with van der Waals surface area (Å²) in [5, 5.41) is 11.2. The number of piperidine rings is 1. The maximum atomic E-state index is 12.7. The highest BCUT2D eigenvalue weighted by molar-refractivity contribution is 6.00. The van der Waals surface area contributed by atoms with Gasteiger partial charge < -0.3 is 10.6 Å². The highest BCUT2D eigenvalue weighted by atomic mass is 16.6. The van der Waals surface area contributed by atoms with E-state index in [4.69, 9.17) is 5.73 Å². The van der Waals surface area contributed by atoms with Crippen LogP contribution in [0, 0.1) is 10.1 Å². The van der Waals surface area contributed by atoms with Gasteiger partial charge in [0.15, 0.2) is 0 Å². The number of anilines is 1. The molecule has 6 heteroatoms. The van der Waals surface area contributed by atoms with Crippen LogP contribution in [0.15, 0.2) is 18.2 Å². The zero-order valence-corrected chi connectivity index (χ0v) is 12.2. The number of nitrogens with zero attached hydrogens (tertiary/aromatic N) is 2. The molecule has 0 bridgehead atoms. The van der Waals surface area contributed by atoms with Gasteiger partial charge in [-0.25, -0.2) is 0 Å². The molecule has 0 saturated carbocycles. The first-order chi connectivity index (χ1) is 10.1. The fraction of sp³-hybridized carbons (Fsp3) is 0.533. The number of nitro benzene ring substituents is 1. The van der Waals surface area contributed by atoms with E-state index in [0.717, 1.165) is 32.1 Å². The molecule has 21 heavy (non-hydrogen) atoms. The van der Waals surface area contributed by atoms with Crippen LogP contribution in [0.3, 0.4) is 0 Å². The third kappa shape index (κ3) is 3.15. The fourth-order valence-corrected chi connectivity index (χ4v) is 2.99. The van der Waals surface area contributed by atoms with Crippen LogP contribution in [0.4, 0.5) is 11.4 Å². The van der Waals surface area contributed by atoms with E-state index in [9.17, 15) is 14.9 Å². The van der Waals surface area contributed by atoms with Crippen LogP contribution in [0.2, 0.25) is 0 Å². The van der Waals surface area contributed by atoms with Gasteiger partial charge in [-0.1, -0.05) is 19.4 Å². The van der Waals surface area contributed by atoms with E-state index in [1.165, 1.54) is 12.1 Å². The molecule has 2 rings (SSSR count). The molecule has 2 N–H and O–H groups in total. The van der Waals surface area contributed by atoms with Crippen molar-refractivity contribution in [1.29, 1.82) is 0 Å². The third-order valence-electron chi connectivity index (χ3n) is 3.99. The predicted molar refractivity (Wildman–Crippen MR) is 81.1 cm³/mol. The summed E-state index contributed by atoms with van der Waals surface area (Å²) in [5.41, 5.74) is 5.53. The number of benzene rings is 1. The van der Waals surface area contributed by atoms with Gasteiger partial charge >= 0.3 is 5.69 Å². The molecule has 1 heterocycles. The minimum atomic E-state index is -0.568. The number of para-hydroxylation sites is 1.